The molecule has 0 aromatic heterocycles. The maximum atomic E-state index is 11.0. The van der Waals surface area contributed by atoms with E-state index in [-0.39, 0.29) is 5.96 Å². The third kappa shape index (κ3) is 2.77. The van der Waals surface area contributed by atoms with Crippen molar-refractivity contribution in [2.45, 2.75) is 6.92 Å². The number of hydrogen-bond acceptors (Lipinski definition) is 3. The van der Waals surface area contributed by atoms with E-state index in [1.165, 1.54) is 11.9 Å². The van der Waals surface area contributed by atoms with Crippen LogP contribution in [-0.2, 0) is 4.74 Å². The van der Waals surface area contributed by atoms with Gasteiger partial charge in [-0.25, -0.2) is 4.79 Å². The molecule has 0 spiro atoms. The molecule has 0 saturated carbocycles. The zero-order chi connectivity index (χ0) is 9.72. The van der Waals surface area contributed by atoms with Crippen molar-refractivity contribution in [2.24, 2.45) is 0 Å². The smallest absolute Gasteiger partial charge is 0.416 e. The molecule has 0 aromatic rings. The van der Waals surface area contributed by atoms with Gasteiger partial charge in [-0.05, 0) is 6.92 Å². The van der Waals surface area contributed by atoms with Crippen molar-refractivity contribution in [3.8, 4) is 0 Å². The fourth-order valence-corrected chi connectivity index (χ4v) is 0.607. The third-order valence-corrected chi connectivity index (χ3v) is 1.28. The largest absolute Gasteiger partial charge is 0.449 e. The van der Waals surface area contributed by atoms with Gasteiger partial charge < -0.3 is 9.64 Å². The van der Waals surface area contributed by atoms with Crippen molar-refractivity contribution in [3.05, 3.63) is 0 Å². The summed E-state index contributed by atoms with van der Waals surface area (Å²) in [7, 11) is 4.89. The Kier molecular flexibility index (Phi) is 4.10. The van der Waals surface area contributed by atoms with E-state index in [4.69, 9.17) is 10.1 Å². The predicted molar refractivity (Wildman–Crippen MR) is 46.2 cm³/mol. The minimum atomic E-state index is -0.504. The molecule has 0 aliphatic carbocycles. The van der Waals surface area contributed by atoms with E-state index >= 15 is 0 Å². The molecule has 0 radical (unpaired) electrons. The first-order valence-electron chi connectivity index (χ1n) is 3.67. The second-order valence-corrected chi connectivity index (χ2v) is 2.48. The van der Waals surface area contributed by atoms with Crippen molar-refractivity contribution >= 4 is 12.1 Å². The molecule has 0 aliphatic heterocycles. The molecule has 0 aromatic carbocycles. The predicted octanol–water partition coefficient (Wildman–Crippen LogP) is 0.571. The summed E-state index contributed by atoms with van der Waals surface area (Å²) in [4.78, 5) is 13.7. The molecule has 1 N–H and O–H groups in total. The van der Waals surface area contributed by atoms with Gasteiger partial charge in [-0.3, -0.25) is 10.3 Å². The van der Waals surface area contributed by atoms with Gasteiger partial charge in [0.15, 0.2) is 0 Å². The Balaban J connectivity index is 4.10. The molecular formula is C7H15N3O2. The highest BCUT2D eigenvalue weighted by Crippen LogP contribution is 1.93. The fourth-order valence-electron chi connectivity index (χ4n) is 0.607. The van der Waals surface area contributed by atoms with Crippen LogP contribution in [0.5, 0.6) is 0 Å². The summed E-state index contributed by atoms with van der Waals surface area (Å²) in [5, 5.41) is 7.41. The Morgan fingerprint density at radius 3 is 2.25 bits per heavy atom. The molecule has 1 amide bonds. The van der Waals surface area contributed by atoms with E-state index in [1.54, 1.807) is 21.0 Å². The van der Waals surface area contributed by atoms with E-state index in [2.05, 4.69) is 0 Å². The van der Waals surface area contributed by atoms with E-state index in [1.807, 2.05) is 0 Å². The Labute approximate surface area is 72.4 Å². The van der Waals surface area contributed by atoms with Gasteiger partial charge in [0.2, 0.25) is 5.96 Å². The first kappa shape index (κ1) is 10.7. The highest BCUT2D eigenvalue weighted by molar-refractivity contribution is 5.91. The molecule has 0 heterocycles. The lowest BCUT2D eigenvalue weighted by Gasteiger charge is -2.22. The topological polar surface area (TPSA) is 56.6 Å². The number of amides is 1. The van der Waals surface area contributed by atoms with Gasteiger partial charge in [0.1, 0.15) is 0 Å². The SMILES string of the molecule is CCOC(=O)N(C)C(=N)N(C)C. The molecule has 5 heteroatoms. The molecular weight excluding hydrogens is 158 g/mol. The monoisotopic (exact) mass is 173 g/mol. The number of hydrogen-bond donors (Lipinski definition) is 1. The Bertz CT molecular complexity index is 179. The highest BCUT2D eigenvalue weighted by atomic mass is 16.6. The van der Waals surface area contributed by atoms with Crippen molar-refractivity contribution in [2.75, 3.05) is 27.7 Å². The lowest BCUT2D eigenvalue weighted by atomic mass is 10.7. The fraction of sp³-hybridized carbons (Fsp3) is 0.714. The van der Waals surface area contributed by atoms with Crippen LogP contribution in [0, 0.1) is 5.41 Å². The molecule has 12 heavy (non-hydrogen) atoms. The summed E-state index contributed by atoms with van der Waals surface area (Å²) in [5.74, 6) is 0.105. The van der Waals surface area contributed by atoms with Crippen molar-refractivity contribution < 1.29 is 9.53 Å². The van der Waals surface area contributed by atoms with Crippen LogP contribution in [0.15, 0.2) is 0 Å². The molecule has 70 valence electrons. The minimum Gasteiger partial charge on any atom is -0.449 e. The average Bonchev–Trinajstić information content (AvgIpc) is 2.02. The Hall–Kier alpha value is -1.26. The van der Waals surface area contributed by atoms with Gasteiger partial charge in [0.05, 0.1) is 6.61 Å². The van der Waals surface area contributed by atoms with Crippen molar-refractivity contribution in [1.29, 1.82) is 5.41 Å². The molecule has 0 atom stereocenters. The van der Waals surface area contributed by atoms with Crippen LogP contribution in [0.25, 0.3) is 0 Å². The quantitative estimate of drug-likeness (QED) is 0.466. The summed E-state index contributed by atoms with van der Waals surface area (Å²) in [6, 6.07) is 0. The van der Waals surface area contributed by atoms with Gasteiger partial charge in [-0.15, -0.1) is 0 Å². The van der Waals surface area contributed by atoms with E-state index in [0.717, 1.165) is 4.90 Å². The van der Waals surface area contributed by atoms with Crippen molar-refractivity contribution in [3.63, 3.8) is 0 Å². The van der Waals surface area contributed by atoms with E-state index < -0.39 is 6.09 Å². The van der Waals surface area contributed by atoms with Gasteiger partial charge in [-0.2, -0.15) is 0 Å². The summed E-state index contributed by atoms with van der Waals surface area (Å²) >= 11 is 0. The zero-order valence-corrected chi connectivity index (χ0v) is 7.92. The Morgan fingerprint density at radius 1 is 1.42 bits per heavy atom. The van der Waals surface area contributed by atoms with E-state index in [9.17, 15) is 4.79 Å². The number of guanidine groups is 1. The molecule has 0 unspecified atom stereocenters. The number of nitrogens with zero attached hydrogens (tertiary/aromatic N) is 2. The van der Waals surface area contributed by atoms with Crippen LogP contribution < -0.4 is 0 Å². The normalized spacial score (nSPS) is 9.00. The Morgan fingerprint density at radius 2 is 1.92 bits per heavy atom. The first-order chi connectivity index (χ1) is 5.50. The van der Waals surface area contributed by atoms with Gasteiger partial charge in [0, 0.05) is 21.1 Å². The van der Waals surface area contributed by atoms with Crippen LogP contribution in [0.1, 0.15) is 6.92 Å². The number of carbonyl (C=O) groups is 1. The van der Waals surface area contributed by atoms with Gasteiger partial charge in [0.25, 0.3) is 0 Å². The first-order valence-corrected chi connectivity index (χ1v) is 3.67. The maximum absolute atomic E-state index is 11.0. The maximum Gasteiger partial charge on any atom is 0.416 e. The molecule has 0 saturated heterocycles. The van der Waals surface area contributed by atoms with Crippen molar-refractivity contribution in [1.82, 2.24) is 9.80 Å². The molecule has 0 aliphatic rings. The standard InChI is InChI=1S/C7H15N3O2/c1-5-12-7(11)10(4)6(8)9(2)3/h8H,5H2,1-4H3. The summed E-state index contributed by atoms with van der Waals surface area (Å²) in [6.45, 7) is 2.05. The van der Waals surface area contributed by atoms with Gasteiger partial charge in [-0.1, -0.05) is 0 Å². The number of carbonyl (C=O) groups excluding carboxylic acids is 1. The lowest BCUT2D eigenvalue weighted by molar-refractivity contribution is 0.130. The molecule has 0 fully saturated rings. The number of nitrogens with one attached hydrogen (secondary N) is 1. The second-order valence-electron chi connectivity index (χ2n) is 2.48. The third-order valence-electron chi connectivity index (χ3n) is 1.28. The highest BCUT2D eigenvalue weighted by Gasteiger charge is 2.15. The van der Waals surface area contributed by atoms with Crippen LogP contribution in [0.3, 0.4) is 0 Å². The van der Waals surface area contributed by atoms with E-state index in [0.29, 0.717) is 6.61 Å². The minimum absolute atomic E-state index is 0.105. The van der Waals surface area contributed by atoms with Crippen LogP contribution >= 0.6 is 0 Å². The van der Waals surface area contributed by atoms with Gasteiger partial charge >= 0.3 is 6.09 Å². The van der Waals surface area contributed by atoms with Crippen LogP contribution in [-0.4, -0.2) is 49.6 Å². The van der Waals surface area contributed by atoms with Crippen LogP contribution in [0.4, 0.5) is 4.79 Å². The second kappa shape index (κ2) is 4.58. The zero-order valence-electron chi connectivity index (χ0n) is 7.92. The summed E-state index contributed by atoms with van der Waals surface area (Å²) in [6.07, 6.45) is -0.504. The molecule has 0 bridgehead atoms. The summed E-state index contributed by atoms with van der Waals surface area (Å²) < 4.78 is 4.69. The molecule has 5 nitrogen and oxygen atoms in total. The number of ether oxygens (including phenoxy) is 1. The lowest BCUT2D eigenvalue weighted by Crippen LogP contribution is -2.41. The molecule has 0 rings (SSSR count). The summed E-state index contributed by atoms with van der Waals surface area (Å²) in [5.41, 5.74) is 0. The van der Waals surface area contributed by atoms with Crippen LogP contribution in [0.2, 0.25) is 0 Å². The number of rotatable bonds is 1. The average molecular weight is 173 g/mol.